The Morgan fingerprint density at radius 1 is 1.28 bits per heavy atom. The Labute approximate surface area is 163 Å². The third kappa shape index (κ3) is 3.45. The molecule has 0 spiro atoms. The number of aliphatic hydroxyl groups is 3. The fraction of sp³-hybridized carbons (Fsp3) is 0.294. The van der Waals surface area contributed by atoms with E-state index in [1.54, 1.807) is 12.1 Å². The van der Waals surface area contributed by atoms with Crippen molar-refractivity contribution in [2.24, 2.45) is 5.10 Å². The lowest BCUT2D eigenvalue weighted by molar-refractivity contribution is -0.0501. The van der Waals surface area contributed by atoms with Gasteiger partial charge in [-0.25, -0.2) is 20.4 Å². The van der Waals surface area contributed by atoms with Gasteiger partial charge in [-0.15, -0.1) is 0 Å². The number of aromatic nitrogens is 4. The van der Waals surface area contributed by atoms with E-state index in [9.17, 15) is 20.4 Å². The highest BCUT2D eigenvalue weighted by Gasteiger charge is 2.45. The molecule has 4 rings (SSSR count). The van der Waals surface area contributed by atoms with Gasteiger partial charge in [0.1, 0.15) is 30.4 Å². The number of hydrogen-bond acceptors (Lipinski definition) is 11. The topological polar surface area (TPSA) is 184 Å². The summed E-state index contributed by atoms with van der Waals surface area (Å²) in [6, 6.07) is 6.46. The summed E-state index contributed by atoms with van der Waals surface area (Å²) in [5.41, 5.74) is 9.73. The summed E-state index contributed by atoms with van der Waals surface area (Å²) in [6.45, 7) is -0.475. The smallest absolute Gasteiger partial charge is 0.228 e. The first kappa shape index (κ1) is 19.0. The molecule has 1 aliphatic heterocycles. The van der Waals surface area contributed by atoms with Gasteiger partial charge >= 0.3 is 0 Å². The molecule has 3 aromatic rings. The van der Waals surface area contributed by atoms with E-state index >= 15 is 0 Å². The summed E-state index contributed by atoms with van der Waals surface area (Å²) in [5, 5.41) is 43.5. The summed E-state index contributed by atoms with van der Waals surface area (Å²) in [6.07, 6.45) is -2.04. The third-order valence-electron chi connectivity index (χ3n) is 4.53. The van der Waals surface area contributed by atoms with Crippen molar-refractivity contribution in [1.29, 1.82) is 0 Å². The van der Waals surface area contributed by atoms with Crippen LogP contribution in [-0.4, -0.2) is 71.1 Å². The normalized spacial score (nSPS) is 24.5. The highest BCUT2D eigenvalue weighted by atomic mass is 16.6. The molecule has 12 heteroatoms. The van der Waals surface area contributed by atoms with Crippen LogP contribution in [0.5, 0.6) is 5.75 Å². The first-order valence-electron chi connectivity index (χ1n) is 8.68. The van der Waals surface area contributed by atoms with Gasteiger partial charge in [0.2, 0.25) is 5.95 Å². The van der Waals surface area contributed by atoms with Crippen LogP contribution in [0.4, 0.5) is 11.8 Å². The maximum Gasteiger partial charge on any atom is 0.228 e. The van der Waals surface area contributed by atoms with Crippen molar-refractivity contribution >= 4 is 29.1 Å². The molecule has 12 nitrogen and oxygen atoms in total. The first-order chi connectivity index (χ1) is 14.0. The van der Waals surface area contributed by atoms with Gasteiger partial charge in [0.25, 0.3) is 0 Å². The van der Waals surface area contributed by atoms with Crippen molar-refractivity contribution in [2.75, 3.05) is 17.8 Å². The zero-order valence-electron chi connectivity index (χ0n) is 15.0. The Bertz CT molecular complexity index is 1060. The highest BCUT2D eigenvalue weighted by molar-refractivity contribution is 5.84. The number of nitrogen functional groups attached to an aromatic ring is 1. The van der Waals surface area contributed by atoms with Crippen molar-refractivity contribution < 1.29 is 25.2 Å². The molecule has 1 saturated heterocycles. The molecule has 0 aliphatic carbocycles. The number of nitrogens with two attached hydrogens (primary N) is 1. The monoisotopic (exact) mass is 401 g/mol. The molecule has 7 N–H and O–H groups in total. The maximum absolute atomic E-state index is 10.4. The van der Waals surface area contributed by atoms with Crippen LogP contribution < -0.4 is 11.2 Å². The number of phenolic OH excluding ortho intramolecular Hbond substituents is 1. The number of rotatable bonds is 5. The molecule has 1 fully saturated rings. The number of nitrogens with one attached hydrogen (secondary N) is 1. The van der Waals surface area contributed by atoms with Gasteiger partial charge in [-0.2, -0.15) is 5.10 Å². The van der Waals surface area contributed by atoms with Crippen LogP contribution in [0.1, 0.15) is 11.8 Å². The Balaban J connectivity index is 1.72. The average molecular weight is 401 g/mol. The summed E-state index contributed by atoms with van der Waals surface area (Å²) >= 11 is 0. The first-order valence-corrected chi connectivity index (χ1v) is 8.68. The molecule has 0 radical (unpaired) electrons. The molecule has 0 unspecified atom stereocenters. The Morgan fingerprint density at radius 2 is 2.10 bits per heavy atom. The van der Waals surface area contributed by atoms with Crippen LogP contribution in [0, 0.1) is 0 Å². The zero-order valence-corrected chi connectivity index (χ0v) is 15.0. The van der Waals surface area contributed by atoms with Crippen molar-refractivity contribution in [3.05, 3.63) is 36.2 Å². The molecule has 29 heavy (non-hydrogen) atoms. The SMILES string of the molecule is Nc1ncnc2c1nc(NN=Cc1cccc(O)c1)n2[C@@H]1O[C@@H](CO)[C@@H](O)[C@@H]1O. The van der Waals surface area contributed by atoms with Gasteiger partial charge in [-0.3, -0.25) is 4.57 Å². The van der Waals surface area contributed by atoms with Crippen LogP contribution in [0.25, 0.3) is 11.2 Å². The van der Waals surface area contributed by atoms with E-state index < -0.39 is 31.1 Å². The van der Waals surface area contributed by atoms with Crippen molar-refractivity contribution in [3.63, 3.8) is 0 Å². The van der Waals surface area contributed by atoms with Gasteiger partial charge in [0, 0.05) is 0 Å². The van der Waals surface area contributed by atoms with E-state index in [0.29, 0.717) is 5.56 Å². The van der Waals surface area contributed by atoms with Gasteiger partial charge < -0.3 is 30.9 Å². The largest absolute Gasteiger partial charge is 0.508 e. The Morgan fingerprint density at radius 3 is 2.83 bits per heavy atom. The van der Waals surface area contributed by atoms with E-state index in [2.05, 4.69) is 25.5 Å². The summed E-state index contributed by atoms with van der Waals surface area (Å²) in [7, 11) is 0. The number of phenols is 1. The van der Waals surface area contributed by atoms with Gasteiger partial charge in [-0.05, 0) is 17.7 Å². The second kappa shape index (κ2) is 7.60. The molecule has 0 bridgehead atoms. The lowest BCUT2D eigenvalue weighted by atomic mass is 10.1. The fourth-order valence-corrected chi connectivity index (χ4v) is 3.11. The number of fused-ring (bicyclic) bond motifs is 1. The molecule has 2 aromatic heterocycles. The van der Waals surface area contributed by atoms with Crippen molar-refractivity contribution in [3.8, 4) is 5.75 Å². The molecule has 1 aliphatic rings. The van der Waals surface area contributed by atoms with E-state index in [-0.39, 0.29) is 28.7 Å². The summed E-state index contributed by atoms with van der Waals surface area (Å²) in [5.74, 6) is 0.328. The van der Waals surface area contributed by atoms with Gasteiger partial charge in [0.15, 0.2) is 23.2 Å². The van der Waals surface area contributed by atoms with Crippen LogP contribution in [0.2, 0.25) is 0 Å². The second-order valence-electron chi connectivity index (χ2n) is 6.43. The quantitative estimate of drug-likeness (QED) is 0.233. The molecule has 1 aromatic carbocycles. The third-order valence-corrected chi connectivity index (χ3v) is 4.53. The van der Waals surface area contributed by atoms with Gasteiger partial charge in [0.05, 0.1) is 12.8 Å². The van der Waals surface area contributed by atoms with E-state index in [4.69, 9.17) is 10.5 Å². The average Bonchev–Trinajstić information content (AvgIpc) is 3.20. The lowest BCUT2D eigenvalue weighted by Gasteiger charge is -2.18. The minimum Gasteiger partial charge on any atom is -0.508 e. The van der Waals surface area contributed by atoms with Crippen LogP contribution in [0.3, 0.4) is 0 Å². The number of anilines is 2. The molecule has 3 heterocycles. The fourth-order valence-electron chi connectivity index (χ4n) is 3.11. The maximum atomic E-state index is 10.4. The van der Waals surface area contributed by atoms with Crippen LogP contribution in [-0.2, 0) is 4.74 Å². The van der Waals surface area contributed by atoms with Gasteiger partial charge in [-0.1, -0.05) is 12.1 Å². The Hall–Kier alpha value is -3.32. The number of hydrogen-bond donors (Lipinski definition) is 6. The number of benzene rings is 1. The van der Waals surface area contributed by atoms with Crippen LogP contribution in [0.15, 0.2) is 35.7 Å². The Kier molecular flexibility index (Phi) is 4.98. The molecule has 4 atom stereocenters. The predicted molar refractivity (Wildman–Crippen MR) is 102 cm³/mol. The van der Waals surface area contributed by atoms with Crippen molar-refractivity contribution in [2.45, 2.75) is 24.5 Å². The number of imidazole rings is 1. The lowest BCUT2D eigenvalue weighted by Crippen LogP contribution is -2.33. The molecule has 0 saturated carbocycles. The van der Waals surface area contributed by atoms with Crippen LogP contribution >= 0.6 is 0 Å². The predicted octanol–water partition coefficient (Wildman–Crippen LogP) is -0.828. The number of aromatic hydroxyl groups is 1. The van der Waals surface area contributed by atoms with Crippen molar-refractivity contribution in [1.82, 2.24) is 19.5 Å². The molecule has 0 amide bonds. The minimum atomic E-state index is -1.35. The minimum absolute atomic E-state index is 0.0933. The molecular formula is C17H19N7O5. The van der Waals surface area contributed by atoms with E-state index in [1.165, 1.54) is 29.2 Å². The highest BCUT2D eigenvalue weighted by Crippen LogP contribution is 2.35. The number of hydrazone groups is 1. The number of ether oxygens (including phenoxy) is 1. The number of nitrogens with zero attached hydrogens (tertiary/aromatic N) is 5. The van der Waals surface area contributed by atoms with E-state index in [0.717, 1.165) is 0 Å². The second-order valence-corrected chi connectivity index (χ2v) is 6.43. The zero-order chi connectivity index (χ0) is 20.5. The molecule has 152 valence electrons. The standard InChI is InChI=1S/C17H19N7O5/c18-14-11-15(20-7-19-14)24(16-13(28)12(27)10(6-25)29-16)17(22-11)23-21-5-8-2-1-3-9(26)4-8/h1-5,7,10,12-13,16,25-28H,6H2,(H,22,23)(H2,18,19,20)/t10-,12+,13-,16+/m0/s1. The number of aliphatic hydroxyl groups excluding tert-OH is 3. The summed E-state index contributed by atoms with van der Waals surface area (Å²) < 4.78 is 6.98. The summed E-state index contributed by atoms with van der Waals surface area (Å²) in [4.78, 5) is 12.4. The molecular weight excluding hydrogens is 382 g/mol. The van der Waals surface area contributed by atoms with E-state index in [1.807, 2.05) is 0 Å².